The Kier molecular flexibility index (Phi) is 5.21. The molecule has 3 heterocycles. The van der Waals surface area contributed by atoms with Crippen molar-refractivity contribution in [1.29, 1.82) is 0 Å². The number of halogens is 1. The van der Waals surface area contributed by atoms with Gasteiger partial charge in [-0.1, -0.05) is 0 Å². The quantitative estimate of drug-likeness (QED) is 0.342. The molecule has 12 heteroatoms. The number of rotatable bonds is 4. The zero-order chi connectivity index (χ0) is 18.1. The van der Waals surface area contributed by atoms with Crippen LogP contribution in [-0.4, -0.2) is 67.3 Å². The van der Waals surface area contributed by atoms with E-state index in [1.807, 2.05) is 22.6 Å². The van der Waals surface area contributed by atoms with Crippen molar-refractivity contribution in [2.75, 3.05) is 18.9 Å². The van der Waals surface area contributed by atoms with E-state index in [0.29, 0.717) is 21.5 Å². The predicted molar refractivity (Wildman–Crippen MR) is 93.4 cm³/mol. The smallest absolute Gasteiger partial charge is 0.407 e. The molecule has 0 spiro atoms. The molecule has 0 bridgehead atoms. The summed E-state index contributed by atoms with van der Waals surface area (Å²) < 4.78 is 12.5. The van der Waals surface area contributed by atoms with Crippen LogP contribution in [0.5, 0.6) is 0 Å². The lowest BCUT2D eigenvalue weighted by Crippen LogP contribution is -2.35. The molecule has 1 saturated heterocycles. The molecule has 1 aliphatic rings. The Bertz CT molecular complexity index is 786. The van der Waals surface area contributed by atoms with Crippen molar-refractivity contribution in [1.82, 2.24) is 24.8 Å². The van der Waals surface area contributed by atoms with E-state index in [2.05, 4.69) is 20.3 Å². The number of nitrogens with one attached hydrogen (secondary N) is 1. The van der Waals surface area contributed by atoms with Gasteiger partial charge in [0.05, 0.1) is 6.33 Å². The lowest BCUT2D eigenvalue weighted by molar-refractivity contribution is -0.0532. The molecule has 1 aliphatic heterocycles. The molecule has 5 N–H and O–H groups in total. The highest BCUT2D eigenvalue weighted by Gasteiger charge is 2.45. The highest BCUT2D eigenvalue weighted by molar-refractivity contribution is 14.1. The molecule has 0 aromatic carbocycles. The molecule has 11 nitrogen and oxygen atoms in total. The number of nitrogens with zero attached hydrogens (tertiary/aromatic N) is 4. The Morgan fingerprint density at radius 3 is 2.96 bits per heavy atom. The maximum atomic E-state index is 11.4. The van der Waals surface area contributed by atoms with Crippen LogP contribution in [0.1, 0.15) is 13.2 Å². The zero-order valence-corrected chi connectivity index (χ0v) is 15.3. The first-order valence-electron chi connectivity index (χ1n) is 7.50. The average Bonchev–Trinajstić information content (AvgIpc) is 3.09. The molecule has 136 valence electrons. The van der Waals surface area contributed by atoms with Gasteiger partial charge < -0.3 is 30.7 Å². The van der Waals surface area contributed by atoms with Crippen molar-refractivity contribution in [3.05, 3.63) is 10.2 Å². The number of aromatic nitrogens is 4. The third kappa shape index (κ3) is 3.47. The number of nitrogen functional groups attached to an aromatic ring is 1. The highest BCUT2D eigenvalue weighted by Crippen LogP contribution is 2.32. The van der Waals surface area contributed by atoms with Crippen LogP contribution in [0.25, 0.3) is 11.2 Å². The number of imidazole rings is 1. The summed E-state index contributed by atoms with van der Waals surface area (Å²) in [6.07, 6.45) is -3.56. The summed E-state index contributed by atoms with van der Waals surface area (Å²) in [5.41, 5.74) is 6.56. The number of alkyl carbamates (subject to hydrolysis) is 1. The van der Waals surface area contributed by atoms with Crippen LogP contribution in [-0.2, 0) is 9.47 Å². The van der Waals surface area contributed by atoms with E-state index < -0.39 is 30.6 Å². The summed E-state index contributed by atoms with van der Waals surface area (Å²) in [7, 11) is 0. The van der Waals surface area contributed by atoms with Crippen LogP contribution < -0.4 is 11.1 Å². The lowest BCUT2D eigenvalue weighted by Gasteiger charge is -2.16. The Morgan fingerprint density at radius 2 is 2.24 bits per heavy atom. The van der Waals surface area contributed by atoms with Crippen LogP contribution in [0.3, 0.4) is 0 Å². The summed E-state index contributed by atoms with van der Waals surface area (Å²) in [4.78, 5) is 23.8. The SMILES string of the molecule is CCNC(=O)OCC1OC(n2cnc3c(N)nc(I)nc32)C(O)C1O. The number of aliphatic hydroxyl groups excluding tert-OH is 2. The first-order valence-corrected chi connectivity index (χ1v) is 8.58. The normalized spacial score (nSPS) is 26.1. The number of amides is 1. The number of carbonyl (C=O) groups is 1. The Morgan fingerprint density at radius 1 is 1.48 bits per heavy atom. The number of aliphatic hydroxyl groups is 2. The van der Waals surface area contributed by atoms with E-state index in [1.165, 1.54) is 10.9 Å². The fourth-order valence-electron chi connectivity index (χ4n) is 2.55. The van der Waals surface area contributed by atoms with E-state index in [4.69, 9.17) is 15.2 Å². The minimum absolute atomic E-state index is 0.206. The zero-order valence-electron chi connectivity index (χ0n) is 13.2. The van der Waals surface area contributed by atoms with Gasteiger partial charge in [0.15, 0.2) is 21.5 Å². The third-order valence-corrected chi connectivity index (χ3v) is 4.21. The number of carbonyl (C=O) groups excluding carboxylic acids is 1. The topological polar surface area (TPSA) is 158 Å². The van der Waals surface area contributed by atoms with Crippen molar-refractivity contribution in [2.24, 2.45) is 0 Å². The molecular weight excluding hydrogens is 447 g/mol. The molecule has 4 atom stereocenters. The van der Waals surface area contributed by atoms with Crippen molar-refractivity contribution < 1.29 is 24.5 Å². The van der Waals surface area contributed by atoms with Crippen LogP contribution in [0.15, 0.2) is 6.33 Å². The standard InChI is InChI=1S/C13H17IN6O5/c1-2-16-13(23)24-3-5-7(21)8(22)11(25-5)20-4-17-6-9(15)18-12(14)19-10(6)20/h4-5,7-8,11,21-22H,2-3H2,1H3,(H,16,23)(H2,15,18,19). The molecule has 1 fully saturated rings. The van der Waals surface area contributed by atoms with Gasteiger partial charge in [0.2, 0.25) is 0 Å². The van der Waals surface area contributed by atoms with Crippen LogP contribution >= 0.6 is 22.6 Å². The van der Waals surface area contributed by atoms with Gasteiger partial charge in [0, 0.05) is 29.1 Å². The van der Waals surface area contributed by atoms with E-state index >= 15 is 0 Å². The van der Waals surface area contributed by atoms with Gasteiger partial charge in [0.1, 0.15) is 30.4 Å². The number of hydrogen-bond donors (Lipinski definition) is 4. The van der Waals surface area contributed by atoms with Gasteiger partial charge >= 0.3 is 6.09 Å². The molecule has 4 unspecified atom stereocenters. The molecular formula is C13H17IN6O5. The summed E-state index contributed by atoms with van der Waals surface area (Å²) >= 11 is 1.91. The molecule has 3 rings (SSSR count). The highest BCUT2D eigenvalue weighted by atomic mass is 127. The van der Waals surface area contributed by atoms with Crippen molar-refractivity contribution in [2.45, 2.75) is 31.5 Å². The van der Waals surface area contributed by atoms with E-state index in [1.54, 1.807) is 6.92 Å². The van der Waals surface area contributed by atoms with Crippen LogP contribution in [0, 0.1) is 3.83 Å². The second-order valence-corrected chi connectivity index (χ2v) is 6.34. The molecule has 2 aromatic heterocycles. The maximum Gasteiger partial charge on any atom is 0.407 e. The van der Waals surface area contributed by atoms with Gasteiger partial charge in [0.25, 0.3) is 0 Å². The summed E-state index contributed by atoms with van der Waals surface area (Å²) in [5.74, 6) is 0.206. The van der Waals surface area contributed by atoms with Crippen molar-refractivity contribution in [3.8, 4) is 0 Å². The second kappa shape index (κ2) is 7.23. The first-order chi connectivity index (χ1) is 11.9. The summed E-state index contributed by atoms with van der Waals surface area (Å²) in [6, 6.07) is 0. The van der Waals surface area contributed by atoms with Crippen molar-refractivity contribution in [3.63, 3.8) is 0 Å². The minimum atomic E-state index is -1.26. The van der Waals surface area contributed by atoms with Gasteiger partial charge in [-0.2, -0.15) is 0 Å². The number of hydrogen-bond acceptors (Lipinski definition) is 9. The molecule has 0 radical (unpaired) electrons. The fraction of sp³-hybridized carbons (Fsp3) is 0.538. The summed E-state index contributed by atoms with van der Waals surface area (Å²) in [6.45, 7) is 1.96. The molecule has 1 amide bonds. The van der Waals surface area contributed by atoms with Gasteiger partial charge in [-0.3, -0.25) is 4.57 Å². The molecule has 0 aliphatic carbocycles. The molecule has 25 heavy (non-hydrogen) atoms. The monoisotopic (exact) mass is 464 g/mol. The number of fused-ring (bicyclic) bond motifs is 1. The second-order valence-electron chi connectivity index (χ2n) is 5.38. The van der Waals surface area contributed by atoms with Gasteiger partial charge in [-0.15, -0.1) is 0 Å². The minimum Gasteiger partial charge on any atom is -0.447 e. The van der Waals surface area contributed by atoms with Crippen LogP contribution in [0.2, 0.25) is 0 Å². The van der Waals surface area contributed by atoms with Crippen LogP contribution in [0.4, 0.5) is 10.6 Å². The Hall–Kier alpha value is -1.77. The average molecular weight is 464 g/mol. The predicted octanol–water partition coefficient (Wildman–Crippen LogP) is -0.622. The van der Waals surface area contributed by atoms with E-state index in [9.17, 15) is 15.0 Å². The molecule has 2 aromatic rings. The van der Waals surface area contributed by atoms with E-state index in [0.717, 1.165) is 0 Å². The first kappa shape index (κ1) is 18.0. The van der Waals surface area contributed by atoms with E-state index in [-0.39, 0.29) is 12.4 Å². The lowest BCUT2D eigenvalue weighted by atomic mass is 10.1. The number of anilines is 1. The Labute approximate surface area is 155 Å². The largest absolute Gasteiger partial charge is 0.447 e. The third-order valence-electron chi connectivity index (χ3n) is 3.73. The Balaban J connectivity index is 1.80. The summed E-state index contributed by atoms with van der Waals surface area (Å²) in [5, 5.41) is 22.9. The number of nitrogens with two attached hydrogens (primary N) is 1. The van der Waals surface area contributed by atoms with Crippen molar-refractivity contribution >= 4 is 45.7 Å². The van der Waals surface area contributed by atoms with Gasteiger partial charge in [-0.25, -0.2) is 19.7 Å². The fourth-order valence-corrected chi connectivity index (χ4v) is 3.04. The maximum absolute atomic E-state index is 11.4. The van der Waals surface area contributed by atoms with Gasteiger partial charge in [-0.05, 0) is 6.92 Å². The number of ether oxygens (including phenoxy) is 2. The molecule has 0 saturated carbocycles.